The van der Waals surface area contributed by atoms with Crippen molar-refractivity contribution in [3.63, 3.8) is 0 Å². The number of hydrogen-bond donors (Lipinski definition) is 2. The molecule has 0 fully saturated rings. The zero-order chi connectivity index (χ0) is 8.69. The van der Waals surface area contributed by atoms with E-state index in [1.807, 2.05) is 0 Å². The molecule has 0 unspecified atom stereocenters. The van der Waals surface area contributed by atoms with Gasteiger partial charge in [-0.05, 0) is 13.8 Å². The lowest BCUT2D eigenvalue weighted by Gasteiger charge is -2.01. The zero-order valence-electron chi connectivity index (χ0n) is 7.87. The Bertz CT molecular complexity index is 134. The van der Waals surface area contributed by atoms with Crippen molar-refractivity contribution in [1.29, 1.82) is 0 Å². The van der Waals surface area contributed by atoms with Crippen LogP contribution < -0.4 is 12.3 Å². The van der Waals surface area contributed by atoms with E-state index in [9.17, 15) is 9.59 Å². The SMILES string of the molecule is CCOC(=O)OC(=O)OCC.N.N. The van der Waals surface area contributed by atoms with Gasteiger partial charge in [0.15, 0.2) is 0 Å². The summed E-state index contributed by atoms with van der Waals surface area (Å²) in [6.45, 7) is 3.54. The molecule has 0 bridgehead atoms. The molecule has 0 saturated heterocycles. The van der Waals surface area contributed by atoms with Crippen molar-refractivity contribution < 1.29 is 23.8 Å². The van der Waals surface area contributed by atoms with Crippen LogP contribution in [0.1, 0.15) is 13.8 Å². The maximum Gasteiger partial charge on any atom is 0.518 e. The largest absolute Gasteiger partial charge is 0.518 e. The third kappa shape index (κ3) is 10.7. The van der Waals surface area contributed by atoms with Crippen molar-refractivity contribution in [2.45, 2.75) is 13.8 Å². The number of ether oxygens (including phenoxy) is 3. The Labute approximate surface area is 76.5 Å². The summed E-state index contributed by atoms with van der Waals surface area (Å²) in [7, 11) is 0. The first-order valence-electron chi connectivity index (χ1n) is 3.22. The number of rotatable bonds is 2. The highest BCUT2D eigenvalue weighted by Gasteiger charge is 2.10. The second kappa shape index (κ2) is 10.7. The van der Waals surface area contributed by atoms with E-state index in [1.54, 1.807) is 13.8 Å². The highest BCUT2D eigenvalue weighted by atomic mass is 16.8. The van der Waals surface area contributed by atoms with Crippen LogP contribution in [-0.4, -0.2) is 25.5 Å². The molecule has 7 nitrogen and oxygen atoms in total. The van der Waals surface area contributed by atoms with E-state index in [0.717, 1.165) is 0 Å². The van der Waals surface area contributed by atoms with Gasteiger partial charge in [-0.15, -0.1) is 0 Å². The summed E-state index contributed by atoms with van der Waals surface area (Å²) in [5, 5.41) is 0. The molecule has 0 spiro atoms. The van der Waals surface area contributed by atoms with Crippen molar-refractivity contribution >= 4 is 12.3 Å². The van der Waals surface area contributed by atoms with E-state index < -0.39 is 12.3 Å². The molecule has 13 heavy (non-hydrogen) atoms. The third-order valence-electron chi connectivity index (χ3n) is 0.691. The van der Waals surface area contributed by atoms with E-state index >= 15 is 0 Å². The third-order valence-corrected chi connectivity index (χ3v) is 0.691. The zero-order valence-corrected chi connectivity index (χ0v) is 7.87. The van der Waals surface area contributed by atoms with Crippen LogP contribution in [-0.2, 0) is 14.2 Å². The average Bonchev–Trinajstić information content (AvgIpc) is 1.87. The monoisotopic (exact) mass is 196 g/mol. The number of carbonyl (C=O) groups excluding carboxylic acids is 2. The quantitative estimate of drug-likeness (QED) is 0.506. The highest BCUT2D eigenvalue weighted by molar-refractivity contribution is 5.76. The molecule has 0 radical (unpaired) electrons. The van der Waals surface area contributed by atoms with Crippen LogP contribution in [0.3, 0.4) is 0 Å². The minimum Gasteiger partial charge on any atom is -0.434 e. The van der Waals surface area contributed by atoms with Gasteiger partial charge in [-0.25, -0.2) is 9.59 Å². The molecule has 0 saturated carbocycles. The van der Waals surface area contributed by atoms with Gasteiger partial charge in [0.25, 0.3) is 0 Å². The summed E-state index contributed by atoms with van der Waals surface area (Å²) in [5.74, 6) is 0. The van der Waals surface area contributed by atoms with Crippen molar-refractivity contribution in [1.82, 2.24) is 12.3 Å². The van der Waals surface area contributed by atoms with Crippen molar-refractivity contribution in [2.24, 2.45) is 0 Å². The minimum atomic E-state index is -1.04. The lowest BCUT2D eigenvalue weighted by Crippen LogP contribution is -2.14. The number of hydrogen-bond acceptors (Lipinski definition) is 7. The molecular weight excluding hydrogens is 180 g/mol. The van der Waals surface area contributed by atoms with Crippen molar-refractivity contribution in [3.05, 3.63) is 0 Å². The molecule has 0 aromatic heterocycles. The normalized spacial score (nSPS) is 7.23. The average molecular weight is 196 g/mol. The van der Waals surface area contributed by atoms with Crippen LogP contribution in [0.25, 0.3) is 0 Å². The van der Waals surface area contributed by atoms with Crippen molar-refractivity contribution in [2.75, 3.05) is 13.2 Å². The second-order valence-corrected chi connectivity index (χ2v) is 1.47. The highest BCUT2D eigenvalue weighted by Crippen LogP contribution is 1.89. The van der Waals surface area contributed by atoms with Gasteiger partial charge in [0, 0.05) is 0 Å². The first-order valence-corrected chi connectivity index (χ1v) is 3.22. The molecule has 80 valence electrons. The van der Waals surface area contributed by atoms with Gasteiger partial charge in [0.05, 0.1) is 13.2 Å². The van der Waals surface area contributed by atoms with Crippen LogP contribution in [0, 0.1) is 0 Å². The fraction of sp³-hybridized carbons (Fsp3) is 0.667. The summed E-state index contributed by atoms with van der Waals surface area (Å²) < 4.78 is 12.6. The fourth-order valence-corrected chi connectivity index (χ4v) is 0.363. The maximum absolute atomic E-state index is 10.4. The Morgan fingerprint density at radius 3 is 1.46 bits per heavy atom. The Morgan fingerprint density at radius 2 is 1.23 bits per heavy atom. The molecule has 0 aromatic rings. The first-order chi connectivity index (χ1) is 5.20. The van der Waals surface area contributed by atoms with Gasteiger partial charge in [0.2, 0.25) is 0 Å². The molecule has 0 atom stereocenters. The Kier molecular flexibility index (Phi) is 14.5. The fourth-order valence-electron chi connectivity index (χ4n) is 0.363. The van der Waals surface area contributed by atoms with E-state index in [-0.39, 0.29) is 25.5 Å². The van der Waals surface area contributed by atoms with Crippen LogP contribution in [0.4, 0.5) is 9.59 Å². The lowest BCUT2D eigenvalue weighted by atomic mass is 10.9. The topological polar surface area (TPSA) is 132 Å². The van der Waals surface area contributed by atoms with E-state index in [2.05, 4.69) is 14.2 Å². The summed E-state index contributed by atoms with van der Waals surface area (Å²) in [5.41, 5.74) is 0. The van der Waals surface area contributed by atoms with E-state index in [1.165, 1.54) is 0 Å². The molecule has 7 heteroatoms. The summed E-state index contributed by atoms with van der Waals surface area (Å²) in [6.07, 6.45) is -2.07. The van der Waals surface area contributed by atoms with Crippen molar-refractivity contribution in [3.8, 4) is 0 Å². The summed E-state index contributed by atoms with van der Waals surface area (Å²) in [4.78, 5) is 20.8. The van der Waals surface area contributed by atoms with Crippen LogP contribution in [0.5, 0.6) is 0 Å². The van der Waals surface area contributed by atoms with Crippen LogP contribution in [0.2, 0.25) is 0 Å². The standard InChI is InChI=1S/C6H10O5.2H3N/c1-3-9-5(7)11-6(8)10-4-2;;/h3-4H2,1-2H3;2*1H3. The Morgan fingerprint density at radius 1 is 0.923 bits per heavy atom. The molecule has 0 rings (SSSR count). The molecule has 0 heterocycles. The Balaban J connectivity index is -0.000000500. The van der Waals surface area contributed by atoms with Crippen LogP contribution in [0.15, 0.2) is 0 Å². The van der Waals surface area contributed by atoms with E-state index in [4.69, 9.17) is 0 Å². The molecule has 0 aliphatic carbocycles. The van der Waals surface area contributed by atoms with Crippen LogP contribution >= 0.6 is 0 Å². The summed E-state index contributed by atoms with van der Waals surface area (Å²) >= 11 is 0. The first kappa shape index (κ1) is 17.7. The van der Waals surface area contributed by atoms with Gasteiger partial charge in [-0.2, -0.15) is 0 Å². The number of carbonyl (C=O) groups is 2. The molecule has 6 N–H and O–H groups in total. The predicted molar refractivity (Wildman–Crippen MR) is 45.2 cm³/mol. The van der Waals surface area contributed by atoms with Gasteiger partial charge in [-0.1, -0.05) is 0 Å². The van der Waals surface area contributed by atoms with Gasteiger partial charge < -0.3 is 26.5 Å². The molecule has 0 amide bonds. The van der Waals surface area contributed by atoms with Gasteiger partial charge in [0.1, 0.15) is 0 Å². The lowest BCUT2D eigenvalue weighted by molar-refractivity contribution is 0.0409. The van der Waals surface area contributed by atoms with E-state index in [0.29, 0.717) is 0 Å². The molecule has 0 aliphatic rings. The Hall–Kier alpha value is -1.34. The second-order valence-electron chi connectivity index (χ2n) is 1.47. The predicted octanol–water partition coefficient (Wildman–Crippen LogP) is 1.64. The maximum atomic E-state index is 10.4. The molecular formula is C6H16N2O5. The summed E-state index contributed by atoms with van der Waals surface area (Å²) in [6, 6.07) is 0. The minimum absolute atomic E-state index is 0. The molecule has 0 aliphatic heterocycles. The van der Waals surface area contributed by atoms with Gasteiger partial charge >= 0.3 is 12.3 Å². The molecule has 0 aromatic carbocycles. The smallest absolute Gasteiger partial charge is 0.434 e. The van der Waals surface area contributed by atoms with Gasteiger partial charge in [-0.3, -0.25) is 0 Å².